The van der Waals surface area contributed by atoms with Gasteiger partial charge in [0.1, 0.15) is 5.65 Å². The summed E-state index contributed by atoms with van der Waals surface area (Å²) in [6.07, 6.45) is 4.66. The Morgan fingerprint density at radius 3 is 2.74 bits per heavy atom. The third-order valence-electron chi connectivity index (χ3n) is 3.73. The molecule has 3 rings (SSSR count). The molecule has 1 atom stereocenters. The van der Waals surface area contributed by atoms with Gasteiger partial charge >= 0.3 is 6.03 Å². The van der Waals surface area contributed by atoms with E-state index < -0.39 is 0 Å². The highest BCUT2D eigenvalue weighted by molar-refractivity contribution is 5.74. The van der Waals surface area contributed by atoms with E-state index in [1.54, 1.807) is 0 Å². The Morgan fingerprint density at radius 2 is 1.96 bits per heavy atom. The molecule has 0 fully saturated rings. The van der Waals surface area contributed by atoms with Gasteiger partial charge in [-0.2, -0.15) is 0 Å². The predicted octanol–water partition coefficient (Wildman–Crippen LogP) is 2.94. The SMILES string of the molecule is C[C@H](NC(=O)NCCc1cn2ccccc2n1)c1ccccc1. The van der Waals surface area contributed by atoms with Crippen molar-refractivity contribution in [3.63, 3.8) is 0 Å². The summed E-state index contributed by atoms with van der Waals surface area (Å²) in [5.41, 5.74) is 2.97. The van der Waals surface area contributed by atoms with Crippen molar-refractivity contribution in [1.29, 1.82) is 0 Å². The monoisotopic (exact) mass is 308 g/mol. The number of nitrogens with one attached hydrogen (secondary N) is 2. The van der Waals surface area contributed by atoms with Gasteiger partial charge in [0.25, 0.3) is 0 Å². The van der Waals surface area contributed by atoms with Crippen molar-refractivity contribution in [3.05, 3.63) is 72.2 Å². The Balaban J connectivity index is 1.47. The maximum absolute atomic E-state index is 11.9. The number of aromatic nitrogens is 2. The van der Waals surface area contributed by atoms with Crippen LogP contribution in [0.5, 0.6) is 0 Å². The third-order valence-corrected chi connectivity index (χ3v) is 3.73. The van der Waals surface area contributed by atoms with E-state index in [1.165, 1.54) is 0 Å². The normalized spacial score (nSPS) is 12.0. The van der Waals surface area contributed by atoms with Crippen LogP contribution in [0, 0.1) is 0 Å². The minimum Gasteiger partial charge on any atom is -0.338 e. The smallest absolute Gasteiger partial charge is 0.315 e. The van der Waals surface area contributed by atoms with Gasteiger partial charge in [0.2, 0.25) is 0 Å². The van der Waals surface area contributed by atoms with E-state index in [0.717, 1.165) is 16.9 Å². The second-order valence-electron chi connectivity index (χ2n) is 5.48. The summed E-state index contributed by atoms with van der Waals surface area (Å²) in [5.74, 6) is 0. The third kappa shape index (κ3) is 3.88. The van der Waals surface area contributed by atoms with Crippen molar-refractivity contribution in [1.82, 2.24) is 20.0 Å². The van der Waals surface area contributed by atoms with E-state index in [2.05, 4.69) is 15.6 Å². The number of rotatable bonds is 5. The van der Waals surface area contributed by atoms with Gasteiger partial charge < -0.3 is 15.0 Å². The molecule has 0 saturated heterocycles. The van der Waals surface area contributed by atoms with E-state index in [4.69, 9.17) is 0 Å². The lowest BCUT2D eigenvalue weighted by Crippen LogP contribution is -2.38. The highest BCUT2D eigenvalue weighted by atomic mass is 16.2. The van der Waals surface area contributed by atoms with Crippen LogP contribution in [0.1, 0.15) is 24.2 Å². The standard InChI is InChI=1S/C18H20N4O/c1-14(15-7-3-2-4-8-15)20-18(23)19-11-10-16-13-22-12-6-5-9-17(22)21-16/h2-9,12-14H,10-11H2,1H3,(H2,19,20,23)/t14-/m0/s1. The van der Waals surface area contributed by atoms with Gasteiger partial charge in [-0.3, -0.25) is 0 Å². The Labute approximate surface area is 135 Å². The Morgan fingerprint density at radius 1 is 1.17 bits per heavy atom. The van der Waals surface area contributed by atoms with Gasteiger partial charge in [-0.1, -0.05) is 36.4 Å². The average Bonchev–Trinajstić information content (AvgIpc) is 2.98. The molecule has 0 aliphatic carbocycles. The lowest BCUT2D eigenvalue weighted by atomic mass is 10.1. The fraction of sp³-hybridized carbons (Fsp3) is 0.222. The number of pyridine rings is 1. The van der Waals surface area contributed by atoms with Crippen molar-refractivity contribution in [2.24, 2.45) is 0 Å². The van der Waals surface area contributed by atoms with Crippen LogP contribution in [0.25, 0.3) is 5.65 Å². The van der Waals surface area contributed by atoms with Crippen LogP contribution in [-0.4, -0.2) is 22.0 Å². The zero-order valence-electron chi connectivity index (χ0n) is 13.1. The number of benzene rings is 1. The van der Waals surface area contributed by atoms with Crippen molar-refractivity contribution >= 4 is 11.7 Å². The molecule has 3 aromatic rings. The number of imidazole rings is 1. The van der Waals surface area contributed by atoms with Gasteiger partial charge in [-0.25, -0.2) is 9.78 Å². The first kappa shape index (κ1) is 15.1. The second-order valence-corrected chi connectivity index (χ2v) is 5.48. The van der Waals surface area contributed by atoms with Crippen LogP contribution in [-0.2, 0) is 6.42 Å². The molecule has 2 aromatic heterocycles. The first-order chi connectivity index (χ1) is 11.2. The van der Waals surface area contributed by atoms with Crippen molar-refractivity contribution in [3.8, 4) is 0 Å². The molecule has 118 valence electrons. The average molecular weight is 308 g/mol. The summed E-state index contributed by atoms with van der Waals surface area (Å²) in [4.78, 5) is 16.5. The molecule has 2 amide bonds. The quantitative estimate of drug-likeness (QED) is 0.761. The van der Waals surface area contributed by atoms with E-state index in [9.17, 15) is 4.79 Å². The maximum Gasteiger partial charge on any atom is 0.315 e. The highest BCUT2D eigenvalue weighted by Gasteiger charge is 2.08. The minimum absolute atomic E-state index is 0.0219. The Kier molecular flexibility index (Phi) is 4.57. The van der Waals surface area contributed by atoms with Crippen LogP contribution < -0.4 is 10.6 Å². The Hall–Kier alpha value is -2.82. The first-order valence-corrected chi connectivity index (χ1v) is 7.74. The Bertz CT molecular complexity index is 749. The summed E-state index contributed by atoms with van der Waals surface area (Å²) < 4.78 is 1.98. The van der Waals surface area contributed by atoms with Crippen LogP contribution in [0.15, 0.2) is 60.9 Å². The molecule has 0 bridgehead atoms. The van der Waals surface area contributed by atoms with Crippen molar-refractivity contribution in [2.75, 3.05) is 6.54 Å². The summed E-state index contributed by atoms with van der Waals surface area (Å²) >= 11 is 0. The summed E-state index contributed by atoms with van der Waals surface area (Å²) in [5, 5.41) is 5.81. The molecule has 0 unspecified atom stereocenters. The molecule has 1 aromatic carbocycles. The van der Waals surface area contributed by atoms with Crippen molar-refractivity contribution < 1.29 is 4.79 Å². The van der Waals surface area contributed by atoms with E-state index in [-0.39, 0.29) is 12.1 Å². The zero-order valence-corrected chi connectivity index (χ0v) is 13.1. The molecule has 2 heterocycles. The first-order valence-electron chi connectivity index (χ1n) is 7.74. The summed E-state index contributed by atoms with van der Waals surface area (Å²) in [6, 6.07) is 15.6. The van der Waals surface area contributed by atoms with E-state index >= 15 is 0 Å². The van der Waals surface area contributed by atoms with Crippen LogP contribution >= 0.6 is 0 Å². The molecule has 0 aliphatic heterocycles. The second kappa shape index (κ2) is 6.96. The lowest BCUT2D eigenvalue weighted by Gasteiger charge is -2.14. The van der Waals surface area contributed by atoms with Crippen LogP contribution in [0.2, 0.25) is 0 Å². The number of hydrogen-bond acceptors (Lipinski definition) is 2. The lowest BCUT2D eigenvalue weighted by molar-refractivity contribution is 0.238. The predicted molar refractivity (Wildman–Crippen MR) is 90.3 cm³/mol. The molecule has 0 spiro atoms. The zero-order chi connectivity index (χ0) is 16.1. The molecule has 2 N–H and O–H groups in total. The van der Waals surface area contributed by atoms with E-state index in [0.29, 0.717) is 13.0 Å². The molecule has 5 nitrogen and oxygen atoms in total. The fourth-order valence-electron chi connectivity index (χ4n) is 2.48. The molecule has 23 heavy (non-hydrogen) atoms. The fourth-order valence-corrected chi connectivity index (χ4v) is 2.48. The largest absolute Gasteiger partial charge is 0.338 e. The van der Waals surface area contributed by atoms with Gasteiger partial charge in [0.15, 0.2) is 0 Å². The number of amides is 2. The number of nitrogens with zero attached hydrogens (tertiary/aromatic N) is 2. The molecule has 0 radical (unpaired) electrons. The summed E-state index contributed by atoms with van der Waals surface area (Å²) in [7, 11) is 0. The van der Waals surface area contributed by atoms with E-state index in [1.807, 2.05) is 72.2 Å². The van der Waals surface area contributed by atoms with Crippen molar-refractivity contribution in [2.45, 2.75) is 19.4 Å². The van der Waals surface area contributed by atoms with Crippen LogP contribution in [0.4, 0.5) is 4.79 Å². The molecule has 0 saturated carbocycles. The van der Waals surface area contributed by atoms with Gasteiger partial charge in [0.05, 0.1) is 11.7 Å². The number of hydrogen-bond donors (Lipinski definition) is 2. The number of carbonyl (C=O) groups is 1. The molecular formula is C18H20N4O. The number of fused-ring (bicyclic) bond motifs is 1. The topological polar surface area (TPSA) is 58.4 Å². The maximum atomic E-state index is 11.9. The highest BCUT2D eigenvalue weighted by Crippen LogP contribution is 2.10. The van der Waals surface area contributed by atoms with Crippen LogP contribution in [0.3, 0.4) is 0 Å². The number of carbonyl (C=O) groups excluding carboxylic acids is 1. The minimum atomic E-state index is -0.162. The van der Waals surface area contributed by atoms with Gasteiger partial charge in [-0.15, -0.1) is 0 Å². The molecule has 5 heteroatoms. The van der Waals surface area contributed by atoms with Gasteiger partial charge in [0, 0.05) is 25.4 Å². The van der Waals surface area contributed by atoms with Gasteiger partial charge in [-0.05, 0) is 24.6 Å². The molecule has 0 aliphatic rings. The summed E-state index contributed by atoms with van der Waals surface area (Å²) in [6.45, 7) is 2.52. The number of urea groups is 1. The molecular weight excluding hydrogens is 288 g/mol.